The molecule has 26 heavy (non-hydrogen) atoms. The number of carbonyl (C=O) groups is 1. The van der Waals surface area contributed by atoms with Gasteiger partial charge in [-0.05, 0) is 55.1 Å². The fraction of sp³-hybridized carbons (Fsp3) is 0.222. The van der Waals surface area contributed by atoms with Gasteiger partial charge in [-0.15, -0.1) is 0 Å². The zero-order chi connectivity index (χ0) is 18.3. The lowest BCUT2D eigenvalue weighted by Crippen LogP contribution is -2.17. The third-order valence-electron chi connectivity index (χ3n) is 4.08. The van der Waals surface area contributed by atoms with Gasteiger partial charge in [0.15, 0.2) is 5.69 Å². The number of hydrogen-bond donors (Lipinski definition) is 1. The molecule has 3 aromatic rings. The molecule has 1 fully saturated rings. The number of carbonyl (C=O) groups excluding carboxylic acids is 1. The van der Waals surface area contributed by atoms with E-state index in [9.17, 15) is 18.0 Å². The number of alkyl halides is 3. The quantitative estimate of drug-likeness (QED) is 0.677. The van der Waals surface area contributed by atoms with E-state index in [1.54, 1.807) is 24.3 Å². The van der Waals surface area contributed by atoms with Gasteiger partial charge in [0.1, 0.15) is 0 Å². The Hall–Kier alpha value is -2.48. The Kier molecular flexibility index (Phi) is 4.14. The molecule has 0 bridgehead atoms. The molecule has 1 saturated carbocycles. The number of nitrogens with one attached hydrogen (secondary N) is 1. The third kappa shape index (κ3) is 3.29. The van der Waals surface area contributed by atoms with Crippen molar-refractivity contribution in [2.24, 2.45) is 0 Å². The molecule has 0 spiro atoms. The maximum absolute atomic E-state index is 12.8. The Balaban J connectivity index is 1.72. The second-order valence-electron chi connectivity index (χ2n) is 6.07. The van der Waals surface area contributed by atoms with Gasteiger partial charge in [0, 0.05) is 10.6 Å². The topological polar surface area (TPSA) is 46.9 Å². The highest BCUT2D eigenvalue weighted by Gasteiger charge is 2.30. The summed E-state index contributed by atoms with van der Waals surface area (Å²) in [6.07, 6.45) is -2.22. The van der Waals surface area contributed by atoms with Crippen LogP contribution in [0.2, 0.25) is 0 Å². The van der Waals surface area contributed by atoms with Crippen LogP contribution in [0.5, 0.6) is 0 Å². The molecule has 0 saturated heterocycles. The van der Waals surface area contributed by atoms with E-state index in [4.69, 9.17) is 0 Å². The van der Waals surface area contributed by atoms with E-state index in [0.717, 1.165) is 25.0 Å². The maximum atomic E-state index is 12.8. The SMILES string of the molecule is O=C(NSC1CC1)c1nn(-c2ccc(C(F)(F)F)cc2)c2ccccc12. The lowest BCUT2D eigenvalue weighted by atomic mass is 10.2. The number of rotatable bonds is 4. The van der Waals surface area contributed by atoms with Crippen molar-refractivity contribution in [2.75, 3.05) is 0 Å². The van der Waals surface area contributed by atoms with Crippen LogP contribution < -0.4 is 4.72 Å². The molecule has 8 heteroatoms. The number of nitrogens with zero attached hydrogens (tertiary/aromatic N) is 2. The smallest absolute Gasteiger partial charge is 0.294 e. The Labute approximate surface area is 151 Å². The van der Waals surface area contributed by atoms with Crippen LogP contribution in [0.4, 0.5) is 13.2 Å². The van der Waals surface area contributed by atoms with Crippen LogP contribution in [0.25, 0.3) is 16.6 Å². The van der Waals surface area contributed by atoms with Crippen LogP contribution in [0, 0.1) is 0 Å². The number of fused-ring (bicyclic) bond motifs is 1. The van der Waals surface area contributed by atoms with E-state index in [2.05, 4.69) is 9.82 Å². The Morgan fingerprint density at radius 3 is 2.46 bits per heavy atom. The van der Waals surface area contributed by atoms with Crippen molar-refractivity contribution in [1.82, 2.24) is 14.5 Å². The van der Waals surface area contributed by atoms with Gasteiger partial charge in [0.2, 0.25) is 0 Å². The molecule has 1 N–H and O–H groups in total. The van der Waals surface area contributed by atoms with Gasteiger partial charge < -0.3 is 0 Å². The minimum atomic E-state index is -4.39. The minimum Gasteiger partial charge on any atom is -0.294 e. The molecule has 1 amide bonds. The molecule has 4 rings (SSSR count). The second-order valence-corrected chi connectivity index (χ2v) is 7.18. The highest BCUT2D eigenvalue weighted by atomic mass is 32.2. The number of hydrogen-bond acceptors (Lipinski definition) is 3. The zero-order valence-corrected chi connectivity index (χ0v) is 14.3. The molecular formula is C18H14F3N3OS. The zero-order valence-electron chi connectivity index (χ0n) is 13.5. The summed E-state index contributed by atoms with van der Waals surface area (Å²) in [5.41, 5.74) is 0.655. The molecule has 0 atom stereocenters. The van der Waals surface area contributed by atoms with Crippen molar-refractivity contribution in [3.05, 3.63) is 59.8 Å². The van der Waals surface area contributed by atoms with Gasteiger partial charge in [0.25, 0.3) is 5.91 Å². The van der Waals surface area contributed by atoms with E-state index in [1.165, 1.54) is 28.8 Å². The molecule has 1 heterocycles. The molecular weight excluding hydrogens is 363 g/mol. The van der Waals surface area contributed by atoms with Crippen molar-refractivity contribution in [3.8, 4) is 5.69 Å². The lowest BCUT2D eigenvalue weighted by molar-refractivity contribution is -0.137. The van der Waals surface area contributed by atoms with E-state index < -0.39 is 11.7 Å². The van der Waals surface area contributed by atoms with Gasteiger partial charge in [-0.1, -0.05) is 18.2 Å². The monoisotopic (exact) mass is 377 g/mol. The summed E-state index contributed by atoms with van der Waals surface area (Å²) < 4.78 is 42.6. The fourth-order valence-corrected chi connectivity index (χ4v) is 3.34. The first-order chi connectivity index (χ1) is 12.4. The molecule has 1 aliphatic carbocycles. The third-order valence-corrected chi connectivity index (χ3v) is 5.19. The van der Waals surface area contributed by atoms with Gasteiger partial charge in [-0.3, -0.25) is 9.52 Å². The van der Waals surface area contributed by atoms with E-state index >= 15 is 0 Å². The standard InChI is InChI=1S/C18H14F3N3OS/c19-18(20,21)11-5-7-12(8-6-11)24-15-4-2-1-3-14(15)16(22-24)17(25)23-26-13-9-10-13/h1-8,13H,9-10H2,(H,23,25). The maximum Gasteiger partial charge on any atom is 0.416 e. The number of halogens is 3. The minimum absolute atomic E-state index is 0.258. The molecule has 4 nitrogen and oxygen atoms in total. The molecule has 0 aliphatic heterocycles. The Morgan fingerprint density at radius 2 is 1.81 bits per heavy atom. The van der Waals surface area contributed by atoms with Crippen LogP contribution in [0.1, 0.15) is 28.9 Å². The summed E-state index contributed by atoms with van der Waals surface area (Å²) in [5, 5.41) is 5.47. The van der Waals surface area contributed by atoms with E-state index in [0.29, 0.717) is 21.8 Å². The van der Waals surface area contributed by atoms with Gasteiger partial charge in [-0.25, -0.2) is 4.68 Å². The average Bonchev–Trinajstić information content (AvgIpc) is 3.38. The van der Waals surface area contributed by atoms with Crippen molar-refractivity contribution in [1.29, 1.82) is 0 Å². The van der Waals surface area contributed by atoms with E-state index in [1.807, 2.05) is 0 Å². The number of aromatic nitrogens is 2. The van der Waals surface area contributed by atoms with Crippen molar-refractivity contribution >= 4 is 28.8 Å². The van der Waals surface area contributed by atoms with Gasteiger partial charge >= 0.3 is 6.18 Å². The first-order valence-corrected chi connectivity index (χ1v) is 8.93. The largest absolute Gasteiger partial charge is 0.416 e. The van der Waals surface area contributed by atoms with Gasteiger partial charge in [-0.2, -0.15) is 18.3 Å². The van der Waals surface area contributed by atoms with Crippen LogP contribution in [-0.4, -0.2) is 20.9 Å². The second kappa shape index (κ2) is 6.35. The van der Waals surface area contributed by atoms with Crippen LogP contribution >= 0.6 is 11.9 Å². The molecule has 2 aromatic carbocycles. The average molecular weight is 377 g/mol. The number of benzene rings is 2. The number of para-hydroxylation sites is 1. The van der Waals surface area contributed by atoms with E-state index in [-0.39, 0.29) is 11.6 Å². The number of amides is 1. The lowest BCUT2D eigenvalue weighted by Gasteiger charge is -2.08. The highest BCUT2D eigenvalue weighted by Crippen LogP contribution is 2.33. The van der Waals surface area contributed by atoms with Crippen LogP contribution in [-0.2, 0) is 6.18 Å². The predicted octanol–water partition coefficient (Wildman–Crippen LogP) is 4.58. The van der Waals surface area contributed by atoms with Crippen molar-refractivity contribution in [3.63, 3.8) is 0 Å². The Morgan fingerprint density at radius 1 is 1.12 bits per heavy atom. The predicted molar refractivity (Wildman–Crippen MR) is 94.2 cm³/mol. The summed E-state index contributed by atoms with van der Waals surface area (Å²) >= 11 is 1.39. The fourth-order valence-electron chi connectivity index (χ4n) is 2.59. The first kappa shape index (κ1) is 17.0. The van der Waals surface area contributed by atoms with Crippen molar-refractivity contribution < 1.29 is 18.0 Å². The summed E-state index contributed by atoms with van der Waals surface area (Å²) in [5.74, 6) is -0.302. The van der Waals surface area contributed by atoms with Crippen LogP contribution in [0.3, 0.4) is 0 Å². The highest BCUT2D eigenvalue weighted by molar-refractivity contribution is 7.98. The first-order valence-electron chi connectivity index (χ1n) is 8.05. The summed E-state index contributed by atoms with van der Waals surface area (Å²) in [6.45, 7) is 0. The van der Waals surface area contributed by atoms with Crippen LogP contribution in [0.15, 0.2) is 48.5 Å². The summed E-state index contributed by atoms with van der Waals surface area (Å²) in [4.78, 5) is 12.5. The molecule has 0 unspecified atom stereocenters. The Bertz CT molecular complexity index is 962. The van der Waals surface area contributed by atoms with Gasteiger partial charge in [0.05, 0.1) is 16.8 Å². The summed E-state index contributed by atoms with van der Waals surface area (Å²) in [6, 6.07) is 11.9. The molecule has 0 radical (unpaired) electrons. The molecule has 1 aromatic heterocycles. The normalized spacial score (nSPS) is 14.6. The molecule has 1 aliphatic rings. The molecule has 134 valence electrons. The summed E-state index contributed by atoms with van der Waals surface area (Å²) in [7, 11) is 0. The van der Waals surface area contributed by atoms with Crippen molar-refractivity contribution in [2.45, 2.75) is 24.3 Å².